The van der Waals surface area contributed by atoms with Crippen LogP contribution in [0.3, 0.4) is 0 Å². The first-order chi connectivity index (χ1) is 14.5. The molecule has 0 aliphatic rings. The predicted octanol–water partition coefficient (Wildman–Crippen LogP) is 3.52. The molecule has 0 fully saturated rings. The van der Waals surface area contributed by atoms with Crippen LogP contribution in [0.4, 0.5) is 5.69 Å². The van der Waals surface area contributed by atoms with E-state index >= 15 is 0 Å². The first-order valence-electron chi connectivity index (χ1n) is 10.0. The first-order valence-corrected chi connectivity index (χ1v) is 10.0. The summed E-state index contributed by atoms with van der Waals surface area (Å²) in [5.41, 5.74) is 1.60. The van der Waals surface area contributed by atoms with Crippen LogP contribution in [0.25, 0.3) is 0 Å². The van der Waals surface area contributed by atoms with Crippen LogP contribution in [-0.4, -0.2) is 50.6 Å². The third-order valence-electron chi connectivity index (χ3n) is 4.40. The summed E-state index contributed by atoms with van der Waals surface area (Å²) in [7, 11) is 3.23. The molecule has 0 atom stereocenters. The number of hydrogen-bond acceptors (Lipinski definition) is 5. The van der Waals surface area contributed by atoms with Crippen molar-refractivity contribution in [2.75, 3.05) is 39.2 Å². The summed E-state index contributed by atoms with van der Waals surface area (Å²) in [4.78, 5) is 26.2. The molecule has 0 radical (unpaired) electrons. The molecule has 0 aliphatic heterocycles. The van der Waals surface area contributed by atoms with E-state index < -0.39 is 0 Å². The lowest BCUT2D eigenvalue weighted by atomic mass is 10.1. The molecule has 7 heteroatoms. The van der Waals surface area contributed by atoms with E-state index in [1.807, 2.05) is 38.1 Å². The molecule has 7 nitrogen and oxygen atoms in total. The Bertz CT molecular complexity index is 853. The van der Waals surface area contributed by atoms with Crippen molar-refractivity contribution < 1.29 is 23.8 Å². The van der Waals surface area contributed by atoms with Gasteiger partial charge in [0.15, 0.2) is 11.5 Å². The molecule has 0 heterocycles. The average Bonchev–Trinajstić information content (AvgIpc) is 2.74. The molecule has 0 spiro atoms. The average molecular weight is 415 g/mol. The van der Waals surface area contributed by atoms with Crippen molar-refractivity contribution in [2.24, 2.45) is 0 Å². The van der Waals surface area contributed by atoms with Gasteiger partial charge in [-0.25, -0.2) is 0 Å². The van der Waals surface area contributed by atoms with Gasteiger partial charge in [0.05, 0.1) is 26.9 Å². The molecule has 0 unspecified atom stereocenters. The molecular weight excluding hydrogens is 384 g/mol. The minimum Gasteiger partial charge on any atom is -0.497 e. The Labute approximate surface area is 177 Å². The molecule has 0 aliphatic carbocycles. The fourth-order valence-electron chi connectivity index (χ4n) is 2.90. The second kappa shape index (κ2) is 11.7. The highest BCUT2D eigenvalue weighted by molar-refractivity contribution is 5.94. The minimum atomic E-state index is -0.279. The largest absolute Gasteiger partial charge is 0.497 e. The SMILES string of the molecule is CCOc1ccc(NC(=O)CN(C)C(=O)CCc2cccc(OC)c2)cc1OCC. The fraction of sp³-hybridized carbons (Fsp3) is 0.391. The zero-order chi connectivity index (χ0) is 21.9. The molecule has 1 N–H and O–H groups in total. The second-order valence-electron chi connectivity index (χ2n) is 6.68. The summed E-state index contributed by atoms with van der Waals surface area (Å²) in [6.45, 7) is 4.75. The number of amides is 2. The first kappa shape index (κ1) is 23.1. The molecule has 2 rings (SSSR count). The van der Waals surface area contributed by atoms with Crippen LogP contribution in [0.1, 0.15) is 25.8 Å². The smallest absolute Gasteiger partial charge is 0.243 e. The van der Waals surface area contributed by atoms with E-state index in [0.717, 1.165) is 11.3 Å². The van der Waals surface area contributed by atoms with Crippen molar-refractivity contribution in [3.63, 3.8) is 0 Å². The minimum absolute atomic E-state index is 0.0336. The van der Waals surface area contributed by atoms with Crippen LogP contribution >= 0.6 is 0 Å². The van der Waals surface area contributed by atoms with Crippen LogP contribution in [0.15, 0.2) is 42.5 Å². The zero-order valence-corrected chi connectivity index (χ0v) is 18.1. The maximum absolute atomic E-state index is 12.4. The number of hydrogen-bond donors (Lipinski definition) is 1. The lowest BCUT2D eigenvalue weighted by Crippen LogP contribution is -2.35. The number of carbonyl (C=O) groups is 2. The van der Waals surface area contributed by atoms with Gasteiger partial charge in [-0.3, -0.25) is 9.59 Å². The van der Waals surface area contributed by atoms with Crippen molar-refractivity contribution in [2.45, 2.75) is 26.7 Å². The third-order valence-corrected chi connectivity index (χ3v) is 4.40. The van der Waals surface area contributed by atoms with Gasteiger partial charge >= 0.3 is 0 Å². The Hall–Kier alpha value is -3.22. The summed E-state index contributed by atoms with van der Waals surface area (Å²) >= 11 is 0. The van der Waals surface area contributed by atoms with Crippen molar-refractivity contribution >= 4 is 17.5 Å². The number of rotatable bonds is 11. The van der Waals surface area contributed by atoms with E-state index in [1.54, 1.807) is 32.4 Å². The Morgan fingerprint density at radius 1 is 1.00 bits per heavy atom. The Morgan fingerprint density at radius 2 is 1.73 bits per heavy atom. The van der Waals surface area contributed by atoms with Gasteiger partial charge in [-0.15, -0.1) is 0 Å². The molecular formula is C23H30N2O5. The molecule has 0 saturated heterocycles. The standard InChI is InChI=1S/C23H30N2O5/c1-5-29-20-12-11-18(15-21(20)30-6-2)24-22(26)16-25(3)23(27)13-10-17-8-7-9-19(14-17)28-4/h7-9,11-12,14-15H,5-6,10,13,16H2,1-4H3,(H,24,26). The lowest BCUT2D eigenvalue weighted by molar-refractivity contribution is -0.133. The molecule has 0 aromatic heterocycles. The summed E-state index contributed by atoms with van der Waals surface area (Å²) in [6, 6.07) is 12.8. The van der Waals surface area contributed by atoms with Gasteiger partial charge in [0.25, 0.3) is 0 Å². The highest BCUT2D eigenvalue weighted by Gasteiger charge is 2.14. The van der Waals surface area contributed by atoms with Crippen molar-refractivity contribution in [3.05, 3.63) is 48.0 Å². The van der Waals surface area contributed by atoms with E-state index in [1.165, 1.54) is 4.90 Å². The van der Waals surface area contributed by atoms with Gasteiger partial charge in [-0.1, -0.05) is 12.1 Å². The van der Waals surface area contributed by atoms with E-state index in [9.17, 15) is 9.59 Å². The van der Waals surface area contributed by atoms with Gasteiger partial charge in [0.1, 0.15) is 5.75 Å². The monoisotopic (exact) mass is 414 g/mol. The van der Waals surface area contributed by atoms with E-state index in [0.29, 0.717) is 43.2 Å². The number of methoxy groups -OCH3 is 1. The molecule has 2 aromatic rings. The van der Waals surface area contributed by atoms with Crippen molar-refractivity contribution in [3.8, 4) is 17.2 Å². The number of nitrogens with zero attached hydrogens (tertiary/aromatic N) is 1. The maximum Gasteiger partial charge on any atom is 0.243 e. The summed E-state index contributed by atoms with van der Waals surface area (Å²) < 4.78 is 16.3. The van der Waals surface area contributed by atoms with Gasteiger partial charge in [-0.2, -0.15) is 0 Å². The number of benzene rings is 2. The molecule has 30 heavy (non-hydrogen) atoms. The van der Waals surface area contributed by atoms with Crippen molar-refractivity contribution in [1.82, 2.24) is 4.90 Å². The number of likely N-dealkylation sites (N-methyl/N-ethyl adjacent to an activating group) is 1. The maximum atomic E-state index is 12.4. The highest BCUT2D eigenvalue weighted by atomic mass is 16.5. The number of carbonyl (C=O) groups excluding carboxylic acids is 2. The van der Waals surface area contributed by atoms with Crippen LogP contribution in [0, 0.1) is 0 Å². The fourth-order valence-corrected chi connectivity index (χ4v) is 2.90. The summed E-state index contributed by atoms with van der Waals surface area (Å²) in [5, 5.41) is 2.80. The summed E-state index contributed by atoms with van der Waals surface area (Å²) in [5.74, 6) is 1.57. The Morgan fingerprint density at radius 3 is 2.43 bits per heavy atom. The van der Waals surface area contributed by atoms with Gasteiger partial charge in [0, 0.05) is 25.2 Å². The van der Waals surface area contributed by atoms with Crippen LogP contribution in [-0.2, 0) is 16.0 Å². The molecule has 0 saturated carbocycles. The number of aryl methyl sites for hydroxylation is 1. The summed E-state index contributed by atoms with van der Waals surface area (Å²) in [6.07, 6.45) is 0.896. The van der Waals surface area contributed by atoms with Gasteiger partial charge in [-0.05, 0) is 50.1 Å². The molecule has 0 bridgehead atoms. The van der Waals surface area contributed by atoms with Crippen LogP contribution in [0.5, 0.6) is 17.2 Å². The Kier molecular flexibility index (Phi) is 9.00. The number of ether oxygens (including phenoxy) is 3. The van der Waals surface area contributed by atoms with Gasteiger partial charge < -0.3 is 24.4 Å². The molecule has 2 amide bonds. The number of nitrogens with one attached hydrogen (secondary N) is 1. The molecule has 162 valence electrons. The second-order valence-corrected chi connectivity index (χ2v) is 6.68. The van der Waals surface area contributed by atoms with Crippen molar-refractivity contribution in [1.29, 1.82) is 0 Å². The van der Waals surface area contributed by atoms with E-state index in [-0.39, 0.29) is 18.4 Å². The van der Waals surface area contributed by atoms with Crippen LogP contribution < -0.4 is 19.5 Å². The topological polar surface area (TPSA) is 77.1 Å². The zero-order valence-electron chi connectivity index (χ0n) is 18.1. The van der Waals surface area contributed by atoms with Crippen LogP contribution in [0.2, 0.25) is 0 Å². The van der Waals surface area contributed by atoms with Gasteiger partial charge in [0.2, 0.25) is 11.8 Å². The highest BCUT2D eigenvalue weighted by Crippen LogP contribution is 2.30. The molecule has 2 aromatic carbocycles. The third kappa shape index (κ3) is 6.99. The quantitative estimate of drug-likeness (QED) is 0.609. The lowest BCUT2D eigenvalue weighted by Gasteiger charge is -2.17. The Balaban J connectivity index is 1.88. The number of anilines is 1. The van der Waals surface area contributed by atoms with E-state index in [4.69, 9.17) is 14.2 Å². The predicted molar refractivity (Wildman–Crippen MR) is 116 cm³/mol. The van der Waals surface area contributed by atoms with E-state index in [2.05, 4.69) is 5.32 Å². The normalized spacial score (nSPS) is 10.3.